The standard InChI is InChI=1S/C17H28N2/c1-5-10-18-17(12-19(4)16-8-9-16)15-7-6-13(2)14(3)11-15/h6-7,11,16-18H,5,8-10,12H2,1-4H3. The van der Waals surface area contributed by atoms with Gasteiger partial charge in [0.15, 0.2) is 0 Å². The molecule has 1 aliphatic rings. The maximum atomic E-state index is 3.70. The van der Waals surface area contributed by atoms with E-state index in [0.717, 1.165) is 19.1 Å². The molecule has 2 rings (SSSR count). The summed E-state index contributed by atoms with van der Waals surface area (Å²) < 4.78 is 0. The molecule has 0 heterocycles. The van der Waals surface area contributed by atoms with Crippen molar-refractivity contribution < 1.29 is 0 Å². The van der Waals surface area contributed by atoms with Gasteiger partial charge >= 0.3 is 0 Å². The molecule has 1 aromatic rings. The van der Waals surface area contributed by atoms with Crippen LogP contribution in [0.25, 0.3) is 0 Å². The Morgan fingerprint density at radius 2 is 2.00 bits per heavy atom. The van der Waals surface area contributed by atoms with Gasteiger partial charge in [-0.05, 0) is 63.4 Å². The highest BCUT2D eigenvalue weighted by atomic mass is 15.2. The molecule has 1 aromatic carbocycles. The van der Waals surface area contributed by atoms with E-state index in [9.17, 15) is 0 Å². The van der Waals surface area contributed by atoms with Crippen LogP contribution in [-0.2, 0) is 0 Å². The van der Waals surface area contributed by atoms with Crippen molar-refractivity contribution in [1.29, 1.82) is 0 Å². The summed E-state index contributed by atoms with van der Waals surface area (Å²) in [7, 11) is 2.26. The van der Waals surface area contributed by atoms with Crippen molar-refractivity contribution in [2.45, 2.75) is 52.1 Å². The topological polar surface area (TPSA) is 15.3 Å². The SMILES string of the molecule is CCCNC(CN(C)C1CC1)c1ccc(C)c(C)c1. The minimum absolute atomic E-state index is 0.463. The molecule has 2 heteroatoms. The molecule has 0 aromatic heterocycles. The first-order valence-electron chi connectivity index (χ1n) is 7.62. The quantitative estimate of drug-likeness (QED) is 0.808. The molecule has 1 fully saturated rings. The van der Waals surface area contributed by atoms with Crippen LogP contribution in [0, 0.1) is 13.8 Å². The lowest BCUT2D eigenvalue weighted by atomic mass is 10.0. The van der Waals surface area contributed by atoms with Crippen LogP contribution in [0.5, 0.6) is 0 Å². The maximum absolute atomic E-state index is 3.70. The molecule has 19 heavy (non-hydrogen) atoms. The van der Waals surface area contributed by atoms with E-state index in [-0.39, 0.29) is 0 Å². The summed E-state index contributed by atoms with van der Waals surface area (Å²) in [4.78, 5) is 2.52. The predicted octanol–water partition coefficient (Wildman–Crippen LogP) is 3.44. The fraction of sp³-hybridized carbons (Fsp3) is 0.647. The number of aryl methyl sites for hydroxylation is 2. The van der Waals surface area contributed by atoms with Crippen molar-refractivity contribution in [3.05, 3.63) is 34.9 Å². The van der Waals surface area contributed by atoms with E-state index in [1.165, 1.54) is 36.0 Å². The molecule has 0 spiro atoms. The summed E-state index contributed by atoms with van der Waals surface area (Å²) >= 11 is 0. The first kappa shape index (κ1) is 14.5. The summed E-state index contributed by atoms with van der Waals surface area (Å²) in [6, 6.07) is 8.18. The Kier molecular flexibility index (Phi) is 5.00. The number of likely N-dealkylation sites (N-methyl/N-ethyl adjacent to an activating group) is 1. The van der Waals surface area contributed by atoms with Gasteiger partial charge in [0.1, 0.15) is 0 Å². The molecule has 0 aliphatic heterocycles. The average molecular weight is 260 g/mol. The second kappa shape index (κ2) is 6.53. The van der Waals surface area contributed by atoms with Crippen LogP contribution in [0.2, 0.25) is 0 Å². The Hall–Kier alpha value is -0.860. The molecule has 2 nitrogen and oxygen atoms in total. The molecule has 1 unspecified atom stereocenters. The second-order valence-corrected chi connectivity index (χ2v) is 6.02. The van der Waals surface area contributed by atoms with Gasteiger partial charge in [-0.25, -0.2) is 0 Å². The van der Waals surface area contributed by atoms with Crippen LogP contribution >= 0.6 is 0 Å². The number of nitrogens with one attached hydrogen (secondary N) is 1. The number of benzene rings is 1. The van der Waals surface area contributed by atoms with E-state index in [0.29, 0.717) is 6.04 Å². The predicted molar refractivity (Wildman–Crippen MR) is 82.6 cm³/mol. The molecule has 0 radical (unpaired) electrons. The number of hydrogen-bond acceptors (Lipinski definition) is 2. The minimum Gasteiger partial charge on any atom is -0.309 e. The minimum atomic E-state index is 0.463. The zero-order chi connectivity index (χ0) is 13.8. The molecular formula is C17H28N2. The van der Waals surface area contributed by atoms with E-state index < -0.39 is 0 Å². The third-order valence-corrected chi connectivity index (χ3v) is 4.21. The highest BCUT2D eigenvalue weighted by Gasteiger charge is 2.28. The fourth-order valence-corrected chi connectivity index (χ4v) is 2.54. The number of hydrogen-bond donors (Lipinski definition) is 1. The van der Waals surface area contributed by atoms with E-state index in [4.69, 9.17) is 0 Å². The van der Waals surface area contributed by atoms with Gasteiger partial charge in [-0.15, -0.1) is 0 Å². The van der Waals surface area contributed by atoms with E-state index in [2.05, 4.69) is 56.2 Å². The van der Waals surface area contributed by atoms with Crippen molar-refractivity contribution in [2.75, 3.05) is 20.1 Å². The first-order valence-corrected chi connectivity index (χ1v) is 7.62. The van der Waals surface area contributed by atoms with E-state index >= 15 is 0 Å². The van der Waals surface area contributed by atoms with Gasteiger partial charge in [0.2, 0.25) is 0 Å². The summed E-state index contributed by atoms with van der Waals surface area (Å²) in [6.07, 6.45) is 3.95. The van der Waals surface area contributed by atoms with Crippen LogP contribution in [-0.4, -0.2) is 31.1 Å². The first-order chi connectivity index (χ1) is 9.11. The average Bonchev–Trinajstić information content (AvgIpc) is 3.22. The molecule has 1 aliphatic carbocycles. The lowest BCUT2D eigenvalue weighted by molar-refractivity contribution is 0.281. The van der Waals surface area contributed by atoms with E-state index in [1.807, 2.05) is 0 Å². The molecule has 1 atom stereocenters. The summed E-state index contributed by atoms with van der Waals surface area (Å²) in [5.74, 6) is 0. The van der Waals surface area contributed by atoms with Gasteiger partial charge in [0.25, 0.3) is 0 Å². The van der Waals surface area contributed by atoms with Crippen molar-refractivity contribution in [3.63, 3.8) is 0 Å². The molecule has 1 saturated carbocycles. The summed E-state index contributed by atoms with van der Waals surface area (Å²) in [6.45, 7) is 8.84. The molecular weight excluding hydrogens is 232 g/mol. The Morgan fingerprint density at radius 1 is 1.26 bits per heavy atom. The zero-order valence-electron chi connectivity index (χ0n) is 12.9. The molecule has 106 valence electrons. The Balaban J connectivity index is 2.07. The Bertz CT molecular complexity index is 410. The van der Waals surface area contributed by atoms with Crippen molar-refractivity contribution in [3.8, 4) is 0 Å². The molecule has 1 N–H and O–H groups in total. The molecule has 0 saturated heterocycles. The van der Waals surface area contributed by atoms with Crippen LogP contribution in [0.3, 0.4) is 0 Å². The van der Waals surface area contributed by atoms with Crippen LogP contribution in [0.4, 0.5) is 0 Å². The molecule has 0 amide bonds. The van der Waals surface area contributed by atoms with Crippen molar-refractivity contribution in [2.24, 2.45) is 0 Å². The maximum Gasteiger partial charge on any atom is 0.0449 e. The van der Waals surface area contributed by atoms with Gasteiger partial charge in [0, 0.05) is 18.6 Å². The van der Waals surface area contributed by atoms with Gasteiger partial charge in [-0.2, -0.15) is 0 Å². The Morgan fingerprint density at radius 3 is 2.58 bits per heavy atom. The van der Waals surface area contributed by atoms with Crippen LogP contribution in [0.1, 0.15) is 48.9 Å². The number of rotatable bonds is 7. The lowest BCUT2D eigenvalue weighted by Crippen LogP contribution is -2.34. The highest BCUT2D eigenvalue weighted by molar-refractivity contribution is 5.32. The normalized spacial score (nSPS) is 16.9. The van der Waals surface area contributed by atoms with Crippen molar-refractivity contribution in [1.82, 2.24) is 10.2 Å². The fourth-order valence-electron chi connectivity index (χ4n) is 2.54. The Labute approximate surface area is 118 Å². The van der Waals surface area contributed by atoms with Gasteiger partial charge < -0.3 is 10.2 Å². The van der Waals surface area contributed by atoms with E-state index in [1.54, 1.807) is 0 Å². The number of nitrogens with zero attached hydrogens (tertiary/aromatic N) is 1. The summed E-state index contributed by atoms with van der Waals surface area (Å²) in [5.41, 5.74) is 4.22. The smallest absolute Gasteiger partial charge is 0.0449 e. The highest BCUT2D eigenvalue weighted by Crippen LogP contribution is 2.27. The molecule has 0 bridgehead atoms. The van der Waals surface area contributed by atoms with Gasteiger partial charge in [0.05, 0.1) is 0 Å². The zero-order valence-corrected chi connectivity index (χ0v) is 12.9. The van der Waals surface area contributed by atoms with Gasteiger partial charge in [-0.1, -0.05) is 25.1 Å². The largest absolute Gasteiger partial charge is 0.309 e. The van der Waals surface area contributed by atoms with Crippen LogP contribution in [0.15, 0.2) is 18.2 Å². The third kappa shape index (κ3) is 4.05. The lowest BCUT2D eigenvalue weighted by Gasteiger charge is -2.26. The third-order valence-electron chi connectivity index (χ3n) is 4.21. The van der Waals surface area contributed by atoms with Crippen molar-refractivity contribution >= 4 is 0 Å². The second-order valence-electron chi connectivity index (χ2n) is 6.02. The van der Waals surface area contributed by atoms with Crippen LogP contribution < -0.4 is 5.32 Å². The van der Waals surface area contributed by atoms with Gasteiger partial charge in [-0.3, -0.25) is 0 Å². The summed E-state index contributed by atoms with van der Waals surface area (Å²) in [5, 5.41) is 3.70. The monoisotopic (exact) mass is 260 g/mol.